The summed E-state index contributed by atoms with van der Waals surface area (Å²) in [5.41, 5.74) is -0.260. The maximum atomic E-state index is 13.6. The van der Waals surface area contributed by atoms with Crippen LogP contribution in [0.3, 0.4) is 0 Å². The van der Waals surface area contributed by atoms with Crippen LogP contribution in [-0.4, -0.2) is 84.6 Å². The molecule has 2 unspecified atom stereocenters. The molecule has 1 aliphatic heterocycles. The average molecular weight is 569 g/mol. The van der Waals surface area contributed by atoms with E-state index in [1.54, 1.807) is 30.3 Å². The summed E-state index contributed by atoms with van der Waals surface area (Å²) in [7, 11) is -4.71. The highest BCUT2D eigenvalue weighted by Crippen LogP contribution is 2.38. The number of rotatable bonds is 12. The maximum Gasteiger partial charge on any atom is 0.335 e. The Morgan fingerprint density at radius 1 is 1.05 bits per heavy atom. The lowest BCUT2D eigenvalue weighted by Gasteiger charge is -2.40. The summed E-state index contributed by atoms with van der Waals surface area (Å²) in [6.07, 6.45) is -7.14. The van der Waals surface area contributed by atoms with Gasteiger partial charge in [-0.3, -0.25) is 4.79 Å². The molecule has 0 radical (unpaired) electrons. The monoisotopic (exact) mass is 568 g/mol. The molecule has 214 valence electrons. The molecule has 0 amide bonds. The molecule has 1 aliphatic rings. The number of nitrogens with one attached hydrogen (secondary N) is 2. The third-order valence-electron chi connectivity index (χ3n) is 5.83. The molecule has 5 atom stereocenters. The molecule has 2 aromatic carbocycles. The fourth-order valence-electron chi connectivity index (χ4n) is 3.77. The molecule has 13 nitrogen and oxygen atoms in total. The van der Waals surface area contributed by atoms with E-state index in [-0.39, 0.29) is 22.7 Å². The Morgan fingerprint density at radius 2 is 1.74 bits per heavy atom. The highest BCUT2D eigenvalue weighted by Gasteiger charge is 2.46. The molecule has 3 rings (SSSR count). The summed E-state index contributed by atoms with van der Waals surface area (Å²) in [5, 5.41) is 43.6. The lowest BCUT2D eigenvalue weighted by molar-refractivity contribution is -0.234. The zero-order valence-corrected chi connectivity index (χ0v) is 22.1. The molecule has 0 saturated carbocycles. The summed E-state index contributed by atoms with van der Waals surface area (Å²) >= 11 is 0. The van der Waals surface area contributed by atoms with Crippen molar-refractivity contribution in [3.05, 3.63) is 48.0 Å². The van der Waals surface area contributed by atoms with Gasteiger partial charge in [-0.1, -0.05) is 31.5 Å². The third-order valence-corrected chi connectivity index (χ3v) is 7.26. The van der Waals surface area contributed by atoms with Gasteiger partial charge in [-0.25, -0.2) is 13.2 Å². The van der Waals surface area contributed by atoms with Crippen molar-refractivity contribution in [2.45, 2.75) is 62.2 Å². The van der Waals surface area contributed by atoms with Crippen molar-refractivity contribution in [3.63, 3.8) is 0 Å². The van der Waals surface area contributed by atoms with Crippen LogP contribution in [0.2, 0.25) is 0 Å². The fourth-order valence-corrected chi connectivity index (χ4v) is 5.08. The van der Waals surface area contributed by atoms with Crippen LogP contribution in [-0.2, 0) is 24.3 Å². The molecule has 6 N–H and O–H groups in total. The van der Waals surface area contributed by atoms with Crippen LogP contribution in [0.5, 0.6) is 11.5 Å². The predicted octanol–water partition coefficient (Wildman–Crippen LogP) is 1.04. The number of hydrogen-bond donors (Lipinski definition) is 6. The largest absolute Gasteiger partial charge is 0.478 e. The third kappa shape index (κ3) is 7.65. The van der Waals surface area contributed by atoms with E-state index in [4.69, 9.17) is 14.2 Å². The number of benzene rings is 2. The number of anilines is 1. The van der Waals surface area contributed by atoms with Crippen LogP contribution in [0.15, 0.2) is 47.4 Å². The fraction of sp³-hybridized carbons (Fsp3) is 0.440. The molecule has 14 heteroatoms. The Kier molecular flexibility index (Phi) is 10.2. The number of para-hydroxylation sites is 1. The number of aromatic carboxylic acids is 1. The Labute approximate surface area is 225 Å². The second kappa shape index (κ2) is 13.2. The number of unbranched alkanes of at least 4 members (excludes halogenated alkanes) is 1. The van der Waals surface area contributed by atoms with E-state index < -0.39 is 64.1 Å². The van der Waals surface area contributed by atoms with E-state index in [1.165, 1.54) is 6.07 Å². The smallest absolute Gasteiger partial charge is 0.335 e. The Bertz CT molecular complexity index is 1260. The van der Waals surface area contributed by atoms with Crippen molar-refractivity contribution in [2.24, 2.45) is 0 Å². The van der Waals surface area contributed by atoms with Gasteiger partial charge in [0.2, 0.25) is 10.0 Å². The van der Waals surface area contributed by atoms with Gasteiger partial charge in [0, 0.05) is 13.5 Å². The second-order valence-electron chi connectivity index (χ2n) is 8.84. The van der Waals surface area contributed by atoms with Crippen LogP contribution in [0.25, 0.3) is 0 Å². The van der Waals surface area contributed by atoms with E-state index in [1.807, 2.05) is 6.92 Å². The van der Waals surface area contributed by atoms with Gasteiger partial charge < -0.3 is 40.0 Å². The first kappa shape index (κ1) is 30.3. The molecule has 1 fully saturated rings. The zero-order chi connectivity index (χ0) is 28.7. The standard InChI is InChI=1S/C25H32N2O11S/c1-3-4-10-26-17-11-15(25(32)33)12-19(23(17)37-16-8-6-5-7-9-16)39(34,35)27-24-22(31)21(30)20(29)18(38-24)13-36-14(2)28/h5-9,11-12,18,20-22,24,26-27,29-31H,3-4,10,13H2,1-2H3,(H,32,33)/t18-,20?,21+,22-,24?/m1/s1. The van der Waals surface area contributed by atoms with Crippen molar-refractivity contribution < 1.29 is 52.6 Å². The SMILES string of the molecule is CCCCNc1cc(C(=O)O)cc(S(=O)(=O)NC2O[C@H](COC(C)=O)C(O)[C@H](O)[C@H]2O)c1Oc1ccccc1. The summed E-state index contributed by atoms with van der Waals surface area (Å²) in [6, 6.07) is 10.4. The Morgan fingerprint density at radius 3 is 2.36 bits per heavy atom. The topological polar surface area (TPSA) is 201 Å². The molecule has 0 bridgehead atoms. The minimum atomic E-state index is -4.71. The zero-order valence-electron chi connectivity index (χ0n) is 21.3. The molecule has 2 aromatic rings. The minimum Gasteiger partial charge on any atom is -0.478 e. The van der Waals surface area contributed by atoms with Crippen LogP contribution < -0.4 is 14.8 Å². The average Bonchev–Trinajstić information content (AvgIpc) is 2.89. The van der Waals surface area contributed by atoms with Crippen molar-refractivity contribution in [3.8, 4) is 11.5 Å². The Hall–Kier alpha value is -3.27. The van der Waals surface area contributed by atoms with Gasteiger partial charge in [-0.2, -0.15) is 4.72 Å². The summed E-state index contributed by atoms with van der Waals surface area (Å²) in [5.74, 6) is -2.05. The molecule has 0 aliphatic carbocycles. The molecular weight excluding hydrogens is 536 g/mol. The van der Waals surface area contributed by atoms with Crippen molar-refractivity contribution in [2.75, 3.05) is 18.5 Å². The van der Waals surface area contributed by atoms with Crippen LogP contribution >= 0.6 is 0 Å². The highest BCUT2D eigenvalue weighted by atomic mass is 32.2. The highest BCUT2D eigenvalue weighted by molar-refractivity contribution is 7.89. The van der Waals surface area contributed by atoms with Gasteiger partial charge >= 0.3 is 11.9 Å². The number of carbonyl (C=O) groups excluding carboxylic acids is 1. The molecule has 0 spiro atoms. The number of carbonyl (C=O) groups is 2. The molecule has 1 heterocycles. The first-order valence-electron chi connectivity index (χ1n) is 12.2. The first-order valence-corrected chi connectivity index (χ1v) is 13.7. The van der Waals surface area contributed by atoms with E-state index in [0.29, 0.717) is 13.0 Å². The summed E-state index contributed by atoms with van der Waals surface area (Å²) < 4.78 is 45.5. The van der Waals surface area contributed by atoms with Crippen LogP contribution in [0.4, 0.5) is 5.69 Å². The van der Waals surface area contributed by atoms with Crippen molar-refractivity contribution >= 4 is 27.6 Å². The molecule has 39 heavy (non-hydrogen) atoms. The number of aliphatic hydroxyl groups excluding tert-OH is 3. The number of sulfonamides is 1. The number of hydrogen-bond acceptors (Lipinski definition) is 11. The van der Waals surface area contributed by atoms with Gasteiger partial charge in [-0.15, -0.1) is 0 Å². The number of ether oxygens (including phenoxy) is 3. The quantitative estimate of drug-likeness (QED) is 0.157. The number of carboxylic acid groups (broad SMARTS) is 1. The summed E-state index contributed by atoms with van der Waals surface area (Å²) in [6.45, 7) is 2.92. The second-order valence-corrected chi connectivity index (χ2v) is 10.5. The number of aliphatic hydroxyl groups is 3. The van der Waals surface area contributed by atoms with Gasteiger partial charge in [-0.05, 0) is 30.7 Å². The maximum absolute atomic E-state index is 13.6. The normalized spacial score (nSPS) is 23.2. The Balaban J connectivity index is 2.04. The molecule has 1 saturated heterocycles. The number of carboxylic acids is 1. The van der Waals surface area contributed by atoms with Gasteiger partial charge in [0.1, 0.15) is 41.7 Å². The molecular formula is C25H32N2O11S. The van der Waals surface area contributed by atoms with Gasteiger partial charge in [0.15, 0.2) is 12.0 Å². The van der Waals surface area contributed by atoms with E-state index in [2.05, 4.69) is 10.0 Å². The van der Waals surface area contributed by atoms with Crippen molar-refractivity contribution in [1.29, 1.82) is 0 Å². The van der Waals surface area contributed by atoms with Gasteiger partial charge in [0.05, 0.1) is 11.3 Å². The van der Waals surface area contributed by atoms with E-state index >= 15 is 0 Å². The van der Waals surface area contributed by atoms with Crippen molar-refractivity contribution in [1.82, 2.24) is 4.72 Å². The first-order chi connectivity index (χ1) is 18.4. The van der Waals surface area contributed by atoms with Crippen LogP contribution in [0.1, 0.15) is 37.0 Å². The number of esters is 1. The van der Waals surface area contributed by atoms with E-state index in [9.17, 15) is 38.4 Å². The summed E-state index contributed by atoms with van der Waals surface area (Å²) in [4.78, 5) is 22.5. The predicted molar refractivity (Wildman–Crippen MR) is 137 cm³/mol. The van der Waals surface area contributed by atoms with E-state index in [0.717, 1.165) is 19.4 Å². The van der Waals surface area contributed by atoms with Gasteiger partial charge in [0.25, 0.3) is 0 Å². The lowest BCUT2D eigenvalue weighted by atomic mass is 9.99. The molecule has 0 aromatic heterocycles. The van der Waals surface area contributed by atoms with Crippen LogP contribution in [0, 0.1) is 0 Å². The minimum absolute atomic E-state index is 0.0980. The lowest BCUT2D eigenvalue weighted by Crippen LogP contribution is -2.63.